The molecule has 9 heteroatoms. The van der Waals surface area contributed by atoms with Crippen LogP contribution in [0.2, 0.25) is 0 Å². The molecule has 0 saturated carbocycles. The van der Waals surface area contributed by atoms with Gasteiger partial charge in [-0.25, -0.2) is 9.50 Å². The second-order valence-electron chi connectivity index (χ2n) is 4.80. The van der Waals surface area contributed by atoms with E-state index in [2.05, 4.69) is 10.1 Å². The number of aliphatic hydroxyl groups excluding tert-OH is 3. The van der Waals surface area contributed by atoms with Crippen LogP contribution in [0.5, 0.6) is 0 Å². The van der Waals surface area contributed by atoms with Gasteiger partial charge in [-0.2, -0.15) is 5.10 Å². The topological polar surface area (TPSA) is 143 Å². The highest BCUT2D eigenvalue weighted by Gasteiger charge is 2.43. The van der Waals surface area contributed by atoms with Crippen molar-refractivity contribution in [2.24, 2.45) is 5.73 Å². The van der Waals surface area contributed by atoms with Crippen molar-refractivity contribution in [1.29, 1.82) is 0 Å². The van der Waals surface area contributed by atoms with Gasteiger partial charge in [0.05, 0.1) is 18.5 Å². The molecule has 21 heavy (non-hydrogen) atoms. The third-order valence-corrected chi connectivity index (χ3v) is 3.49. The zero-order chi connectivity index (χ0) is 15.1. The minimum absolute atomic E-state index is 0.142. The van der Waals surface area contributed by atoms with Crippen LogP contribution in [-0.2, 0) is 4.74 Å². The summed E-state index contributed by atoms with van der Waals surface area (Å²) in [6, 6.07) is 1.55. The molecule has 1 fully saturated rings. The third-order valence-electron chi connectivity index (χ3n) is 3.49. The summed E-state index contributed by atoms with van der Waals surface area (Å²) < 4.78 is 6.75. The summed E-state index contributed by atoms with van der Waals surface area (Å²) in [7, 11) is 0. The van der Waals surface area contributed by atoms with Crippen molar-refractivity contribution in [3.05, 3.63) is 29.7 Å². The Morgan fingerprint density at radius 2 is 2.19 bits per heavy atom. The van der Waals surface area contributed by atoms with Crippen LogP contribution < -0.4 is 5.73 Å². The Morgan fingerprint density at radius 3 is 2.81 bits per heavy atom. The Bertz CT molecular complexity index is 687. The molecule has 1 saturated heterocycles. The number of aliphatic hydroxyl groups is 3. The molecule has 0 spiro atoms. The molecule has 0 unspecified atom stereocenters. The molecular formula is C12H14N4O5. The van der Waals surface area contributed by atoms with E-state index in [9.17, 15) is 15.0 Å². The summed E-state index contributed by atoms with van der Waals surface area (Å²) >= 11 is 0. The zero-order valence-electron chi connectivity index (χ0n) is 10.8. The lowest BCUT2D eigenvalue weighted by Gasteiger charge is -2.14. The lowest BCUT2D eigenvalue weighted by Crippen LogP contribution is -2.32. The fraction of sp³-hybridized carbons (Fsp3) is 0.417. The van der Waals surface area contributed by atoms with Gasteiger partial charge < -0.3 is 25.8 Å². The molecule has 9 nitrogen and oxygen atoms in total. The van der Waals surface area contributed by atoms with Gasteiger partial charge in [0.25, 0.3) is 5.91 Å². The molecule has 0 radical (unpaired) electrons. The van der Waals surface area contributed by atoms with Gasteiger partial charge in [-0.05, 0) is 6.07 Å². The molecule has 4 atom stereocenters. The predicted molar refractivity (Wildman–Crippen MR) is 68.2 cm³/mol. The highest BCUT2D eigenvalue weighted by Crippen LogP contribution is 2.32. The maximum absolute atomic E-state index is 11.3. The van der Waals surface area contributed by atoms with Gasteiger partial charge >= 0.3 is 0 Å². The average molecular weight is 294 g/mol. The van der Waals surface area contributed by atoms with Crippen LogP contribution >= 0.6 is 0 Å². The SMILES string of the molecule is NC(=O)c1cnn2ccc([C@H]3O[C@H](CO)[C@@H](O)[C@H]3O)nc12. The monoisotopic (exact) mass is 294 g/mol. The van der Waals surface area contributed by atoms with Gasteiger partial charge in [-0.15, -0.1) is 0 Å². The summed E-state index contributed by atoms with van der Waals surface area (Å²) in [6.45, 7) is -0.420. The summed E-state index contributed by atoms with van der Waals surface area (Å²) in [6.07, 6.45) is -1.39. The van der Waals surface area contributed by atoms with Crippen molar-refractivity contribution >= 4 is 11.6 Å². The molecule has 0 aromatic carbocycles. The number of primary amides is 1. The summed E-state index contributed by atoms with van der Waals surface area (Å²) in [4.78, 5) is 15.5. The number of hydrogen-bond acceptors (Lipinski definition) is 7. The van der Waals surface area contributed by atoms with Gasteiger partial charge in [0, 0.05) is 6.20 Å². The van der Waals surface area contributed by atoms with E-state index in [0.717, 1.165) is 0 Å². The number of amides is 1. The first-order valence-electron chi connectivity index (χ1n) is 6.29. The Kier molecular flexibility index (Phi) is 3.33. The number of rotatable bonds is 3. The highest BCUT2D eigenvalue weighted by atomic mass is 16.6. The normalized spacial score (nSPS) is 29.1. The van der Waals surface area contributed by atoms with Crippen LogP contribution in [0, 0.1) is 0 Å². The van der Waals surface area contributed by atoms with Crippen LogP contribution in [0.3, 0.4) is 0 Å². The van der Waals surface area contributed by atoms with Crippen molar-refractivity contribution in [3.63, 3.8) is 0 Å². The van der Waals surface area contributed by atoms with Crippen molar-refractivity contribution in [2.75, 3.05) is 6.61 Å². The van der Waals surface area contributed by atoms with Gasteiger partial charge in [0.1, 0.15) is 30.0 Å². The van der Waals surface area contributed by atoms with Crippen LogP contribution in [0.1, 0.15) is 22.2 Å². The van der Waals surface area contributed by atoms with E-state index in [1.54, 1.807) is 12.3 Å². The van der Waals surface area contributed by atoms with Crippen LogP contribution in [0.4, 0.5) is 0 Å². The summed E-state index contributed by atoms with van der Waals surface area (Å²) in [5.41, 5.74) is 5.92. The first-order valence-corrected chi connectivity index (χ1v) is 6.29. The summed E-state index contributed by atoms with van der Waals surface area (Å²) in [5.74, 6) is -0.671. The molecule has 1 aliphatic heterocycles. The molecule has 1 amide bonds. The predicted octanol–water partition coefficient (Wildman–Crippen LogP) is -2.02. The number of carbonyl (C=O) groups is 1. The van der Waals surface area contributed by atoms with Gasteiger partial charge in [-0.3, -0.25) is 4.79 Å². The van der Waals surface area contributed by atoms with Crippen molar-refractivity contribution in [1.82, 2.24) is 14.6 Å². The highest BCUT2D eigenvalue weighted by molar-refractivity contribution is 5.98. The van der Waals surface area contributed by atoms with E-state index in [1.165, 1.54) is 10.7 Å². The third kappa shape index (κ3) is 2.16. The maximum Gasteiger partial charge on any atom is 0.254 e. The molecule has 3 heterocycles. The maximum atomic E-state index is 11.3. The van der Waals surface area contributed by atoms with Crippen LogP contribution in [0.25, 0.3) is 5.65 Å². The van der Waals surface area contributed by atoms with E-state index < -0.39 is 36.9 Å². The first kappa shape index (κ1) is 13.9. The first-order chi connectivity index (χ1) is 10.0. The van der Waals surface area contributed by atoms with Crippen molar-refractivity contribution in [3.8, 4) is 0 Å². The average Bonchev–Trinajstić information content (AvgIpc) is 3.01. The number of nitrogens with two attached hydrogens (primary N) is 1. The molecule has 0 aliphatic carbocycles. The minimum atomic E-state index is -1.22. The van der Waals surface area contributed by atoms with Crippen molar-refractivity contribution in [2.45, 2.75) is 24.4 Å². The lowest BCUT2D eigenvalue weighted by atomic mass is 10.1. The van der Waals surface area contributed by atoms with Gasteiger partial charge in [0.15, 0.2) is 5.65 Å². The number of carbonyl (C=O) groups excluding carboxylic acids is 1. The molecule has 3 rings (SSSR count). The molecule has 112 valence electrons. The molecular weight excluding hydrogens is 280 g/mol. The smallest absolute Gasteiger partial charge is 0.254 e. The number of aromatic nitrogens is 3. The molecule has 5 N–H and O–H groups in total. The van der Waals surface area contributed by atoms with Gasteiger partial charge in [0.2, 0.25) is 0 Å². The molecule has 2 aromatic rings. The fourth-order valence-electron chi connectivity index (χ4n) is 2.36. The fourth-order valence-corrected chi connectivity index (χ4v) is 2.36. The van der Waals surface area contributed by atoms with E-state index in [-0.39, 0.29) is 11.2 Å². The van der Waals surface area contributed by atoms with E-state index in [4.69, 9.17) is 15.6 Å². The van der Waals surface area contributed by atoms with E-state index in [0.29, 0.717) is 5.69 Å². The Hall–Kier alpha value is -2.07. The van der Waals surface area contributed by atoms with Crippen LogP contribution in [0.15, 0.2) is 18.5 Å². The standard InChI is InChI=1S/C12H14N4O5/c13-11(20)5-3-14-16-2-1-6(15-12(5)16)10-9(19)8(18)7(4-17)21-10/h1-3,7-10,17-19H,4H2,(H2,13,20)/t7-,8-,9-,10-/m1/s1. The van der Waals surface area contributed by atoms with Crippen LogP contribution in [-0.4, -0.2) is 60.7 Å². The number of nitrogens with zero attached hydrogens (tertiary/aromatic N) is 3. The van der Waals surface area contributed by atoms with Crippen molar-refractivity contribution < 1.29 is 24.9 Å². The van der Waals surface area contributed by atoms with E-state index >= 15 is 0 Å². The van der Waals surface area contributed by atoms with E-state index in [1.807, 2.05) is 0 Å². The number of hydrogen-bond donors (Lipinski definition) is 4. The Morgan fingerprint density at radius 1 is 1.43 bits per heavy atom. The summed E-state index contributed by atoms with van der Waals surface area (Å²) in [5, 5.41) is 32.7. The Labute approximate surface area is 118 Å². The Balaban J connectivity index is 2.01. The quantitative estimate of drug-likeness (QED) is 0.511. The second-order valence-corrected chi connectivity index (χ2v) is 4.80. The largest absolute Gasteiger partial charge is 0.394 e. The molecule has 0 bridgehead atoms. The number of fused-ring (bicyclic) bond motifs is 1. The zero-order valence-corrected chi connectivity index (χ0v) is 10.8. The lowest BCUT2D eigenvalue weighted by molar-refractivity contribution is -0.0239. The number of ether oxygens (including phenoxy) is 1. The molecule has 1 aliphatic rings. The van der Waals surface area contributed by atoms with Gasteiger partial charge in [-0.1, -0.05) is 0 Å². The second kappa shape index (κ2) is 5.04. The molecule has 2 aromatic heterocycles. The minimum Gasteiger partial charge on any atom is -0.394 e.